The lowest BCUT2D eigenvalue weighted by Crippen LogP contribution is -2.13. The van der Waals surface area contributed by atoms with Crippen LogP contribution in [0.3, 0.4) is 0 Å². The second-order valence-corrected chi connectivity index (χ2v) is 8.34. The van der Waals surface area contributed by atoms with Crippen LogP contribution in [-0.4, -0.2) is 7.28 Å². The van der Waals surface area contributed by atoms with E-state index in [-0.39, 0.29) is 0 Å². The molecule has 0 saturated heterocycles. The van der Waals surface area contributed by atoms with Crippen molar-refractivity contribution in [2.45, 2.75) is 121 Å². The molecule has 0 radical (unpaired) electrons. The van der Waals surface area contributed by atoms with Gasteiger partial charge >= 0.3 is 0 Å². The first kappa shape index (κ1) is 17.4. The van der Waals surface area contributed by atoms with Crippen LogP contribution < -0.4 is 0 Å². The molecule has 2 saturated carbocycles. The van der Waals surface area contributed by atoms with E-state index in [0.29, 0.717) is 0 Å². The van der Waals surface area contributed by atoms with E-state index in [0.717, 1.165) is 17.6 Å². The highest BCUT2D eigenvalue weighted by atomic mass is 14.2. The zero-order valence-corrected chi connectivity index (χ0v) is 14.8. The highest BCUT2D eigenvalue weighted by Crippen LogP contribution is 2.34. The summed E-state index contributed by atoms with van der Waals surface area (Å²) in [7, 11) is 1.58. The standard InChI is InChI=1S/C20H39B/c1-18-12-7-6-10-16-20(17-11-13-18)21-19-14-8-4-2-3-5-9-15-19/h18-21H,2-17H2,1H3. The van der Waals surface area contributed by atoms with Gasteiger partial charge in [-0.05, 0) is 5.92 Å². The van der Waals surface area contributed by atoms with Crippen molar-refractivity contribution in [2.24, 2.45) is 5.92 Å². The molecule has 2 rings (SSSR count). The summed E-state index contributed by atoms with van der Waals surface area (Å²) in [5.74, 6) is 3.14. The van der Waals surface area contributed by atoms with E-state index in [9.17, 15) is 0 Å². The normalized spacial score (nSPS) is 31.7. The zero-order chi connectivity index (χ0) is 14.8. The predicted octanol–water partition coefficient (Wildman–Crippen LogP) is 6.90. The molecule has 2 atom stereocenters. The molecule has 0 aromatic carbocycles. The van der Waals surface area contributed by atoms with Crippen molar-refractivity contribution in [1.82, 2.24) is 0 Å². The van der Waals surface area contributed by atoms with Gasteiger partial charge in [-0.3, -0.25) is 0 Å². The SMILES string of the molecule is CC1CCCCCC(BC2CCCCCCCC2)CCC1. The van der Waals surface area contributed by atoms with Crippen LogP contribution in [0, 0.1) is 5.92 Å². The van der Waals surface area contributed by atoms with Crippen molar-refractivity contribution in [1.29, 1.82) is 0 Å². The highest BCUT2D eigenvalue weighted by Gasteiger charge is 2.19. The Morgan fingerprint density at radius 3 is 1.48 bits per heavy atom. The van der Waals surface area contributed by atoms with Crippen LogP contribution in [-0.2, 0) is 0 Å². The Balaban J connectivity index is 1.76. The minimum absolute atomic E-state index is 0.994. The number of rotatable bonds is 2. The summed E-state index contributed by atoms with van der Waals surface area (Å²) in [6.45, 7) is 2.48. The van der Waals surface area contributed by atoms with E-state index in [2.05, 4.69) is 6.92 Å². The first-order chi connectivity index (χ1) is 10.3. The van der Waals surface area contributed by atoms with Gasteiger partial charge in [0.1, 0.15) is 7.28 Å². The molecule has 0 aromatic rings. The minimum Gasteiger partial charge on any atom is -0.0654 e. The van der Waals surface area contributed by atoms with Crippen LogP contribution in [0.4, 0.5) is 0 Å². The maximum absolute atomic E-state index is 2.48. The molecule has 2 unspecified atom stereocenters. The third-order valence-electron chi connectivity index (χ3n) is 6.26. The molecule has 0 spiro atoms. The molecule has 0 amide bonds. The van der Waals surface area contributed by atoms with Gasteiger partial charge < -0.3 is 0 Å². The van der Waals surface area contributed by atoms with Crippen molar-refractivity contribution in [3.63, 3.8) is 0 Å². The van der Waals surface area contributed by atoms with Crippen LogP contribution in [0.25, 0.3) is 0 Å². The Kier molecular flexibility index (Phi) is 8.90. The summed E-state index contributed by atoms with van der Waals surface area (Å²) in [5.41, 5.74) is 0. The lowest BCUT2D eigenvalue weighted by Gasteiger charge is -2.24. The molecular weight excluding hydrogens is 251 g/mol. The first-order valence-electron chi connectivity index (χ1n) is 10.3. The second-order valence-electron chi connectivity index (χ2n) is 8.34. The molecule has 2 aliphatic rings. The van der Waals surface area contributed by atoms with Gasteiger partial charge in [0.25, 0.3) is 0 Å². The lowest BCUT2D eigenvalue weighted by atomic mass is 9.50. The fourth-order valence-corrected chi connectivity index (χ4v) is 4.81. The summed E-state index contributed by atoms with van der Waals surface area (Å²) in [6, 6.07) is 0. The lowest BCUT2D eigenvalue weighted by molar-refractivity contribution is 0.412. The fourth-order valence-electron chi connectivity index (χ4n) is 4.81. The average Bonchev–Trinajstić information content (AvgIpc) is 2.60. The number of hydrogen-bond donors (Lipinski definition) is 0. The molecule has 0 aliphatic heterocycles. The van der Waals surface area contributed by atoms with Gasteiger partial charge in [0.05, 0.1) is 0 Å². The zero-order valence-electron chi connectivity index (χ0n) is 14.8. The van der Waals surface area contributed by atoms with Crippen LogP contribution >= 0.6 is 0 Å². The fraction of sp³-hybridized carbons (Fsp3) is 1.00. The second kappa shape index (κ2) is 10.7. The Morgan fingerprint density at radius 1 is 0.476 bits per heavy atom. The molecule has 0 bridgehead atoms. The van der Waals surface area contributed by atoms with Gasteiger partial charge in [0.2, 0.25) is 0 Å². The van der Waals surface area contributed by atoms with Gasteiger partial charge in [-0.25, -0.2) is 0 Å². The van der Waals surface area contributed by atoms with E-state index < -0.39 is 0 Å². The van der Waals surface area contributed by atoms with E-state index in [1.165, 1.54) is 77.0 Å². The van der Waals surface area contributed by atoms with Crippen LogP contribution in [0.15, 0.2) is 0 Å². The predicted molar refractivity (Wildman–Crippen MR) is 97.7 cm³/mol. The summed E-state index contributed by atoms with van der Waals surface area (Å²) in [6.07, 6.45) is 24.3. The van der Waals surface area contributed by atoms with Crippen molar-refractivity contribution < 1.29 is 0 Å². The largest absolute Gasteiger partial charge is 0.127 e. The molecule has 122 valence electrons. The van der Waals surface area contributed by atoms with Crippen LogP contribution in [0.2, 0.25) is 11.6 Å². The van der Waals surface area contributed by atoms with Gasteiger partial charge in [0.15, 0.2) is 0 Å². The molecule has 21 heavy (non-hydrogen) atoms. The van der Waals surface area contributed by atoms with Gasteiger partial charge in [-0.1, -0.05) is 121 Å². The van der Waals surface area contributed by atoms with Crippen molar-refractivity contribution >= 4 is 7.28 Å². The topological polar surface area (TPSA) is 0 Å². The first-order valence-corrected chi connectivity index (χ1v) is 10.3. The third kappa shape index (κ3) is 7.75. The molecule has 2 fully saturated rings. The van der Waals surface area contributed by atoms with Crippen molar-refractivity contribution in [2.75, 3.05) is 0 Å². The Hall–Kier alpha value is 0.0649. The third-order valence-corrected chi connectivity index (χ3v) is 6.26. The monoisotopic (exact) mass is 290 g/mol. The smallest absolute Gasteiger partial charge is 0.0654 e. The molecular formula is C20H39B. The Bertz CT molecular complexity index is 240. The van der Waals surface area contributed by atoms with E-state index in [1.807, 2.05) is 0 Å². The molecule has 0 nitrogen and oxygen atoms in total. The Morgan fingerprint density at radius 2 is 0.857 bits per heavy atom. The van der Waals surface area contributed by atoms with E-state index in [4.69, 9.17) is 0 Å². The van der Waals surface area contributed by atoms with Gasteiger partial charge in [-0.2, -0.15) is 0 Å². The average molecular weight is 290 g/mol. The van der Waals surface area contributed by atoms with Crippen LogP contribution in [0.1, 0.15) is 110 Å². The summed E-state index contributed by atoms with van der Waals surface area (Å²) < 4.78 is 0. The van der Waals surface area contributed by atoms with E-state index in [1.54, 1.807) is 33.0 Å². The summed E-state index contributed by atoms with van der Waals surface area (Å²) >= 11 is 0. The van der Waals surface area contributed by atoms with Gasteiger partial charge in [-0.15, -0.1) is 0 Å². The van der Waals surface area contributed by atoms with E-state index >= 15 is 0 Å². The summed E-state index contributed by atoms with van der Waals surface area (Å²) in [5, 5.41) is 0. The summed E-state index contributed by atoms with van der Waals surface area (Å²) in [4.78, 5) is 0. The van der Waals surface area contributed by atoms with Gasteiger partial charge in [0, 0.05) is 0 Å². The maximum Gasteiger partial charge on any atom is 0.127 e. The Labute approximate surface area is 135 Å². The van der Waals surface area contributed by atoms with Crippen molar-refractivity contribution in [3.05, 3.63) is 0 Å². The minimum atomic E-state index is 0.994. The molecule has 0 aromatic heterocycles. The number of hydrogen-bond acceptors (Lipinski definition) is 0. The molecule has 0 N–H and O–H groups in total. The molecule has 2 aliphatic carbocycles. The highest BCUT2D eigenvalue weighted by molar-refractivity contribution is 6.39. The molecule has 1 heteroatoms. The molecule has 0 heterocycles. The van der Waals surface area contributed by atoms with Crippen LogP contribution in [0.5, 0.6) is 0 Å². The quantitative estimate of drug-likeness (QED) is 0.485. The maximum atomic E-state index is 2.48. The van der Waals surface area contributed by atoms with Crippen molar-refractivity contribution in [3.8, 4) is 0 Å².